The predicted octanol–water partition coefficient (Wildman–Crippen LogP) is 3.04. The van der Waals surface area contributed by atoms with Crippen LogP contribution in [0.4, 0.5) is 13.2 Å². The normalized spacial score (nSPS) is 13.4. The van der Waals surface area contributed by atoms with E-state index in [0.29, 0.717) is 0 Å². The minimum Gasteiger partial charge on any atom is -0.362 e. The maximum absolute atomic E-state index is 11.8. The van der Waals surface area contributed by atoms with Crippen LogP contribution in [0.2, 0.25) is 0 Å². The highest BCUT2D eigenvalue weighted by atomic mass is 19.4. The Morgan fingerprint density at radius 2 is 1.94 bits per heavy atom. The molecule has 0 aromatic rings. The molecule has 1 N–H and O–H groups in total. The van der Waals surface area contributed by atoms with Crippen LogP contribution in [0.25, 0.3) is 0 Å². The third-order valence-electron chi connectivity index (χ3n) is 2.40. The number of hydrogen-bond acceptors (Lipinski definition) is 2. The number of amides is 1. The van der Waals surface area contributed by atoms with Gasteiger partial charge in [-0.25, -0.2) is 0 Å². The molecule has 0 aromatic heterocycles. The standard InChI is InChI=1S/C12H22F3NO2/c1-3-4-5-6-7-10(2)16-11(17)8-18-9-12(13,14)15/h10H,3-9H2,1-2H3,(H,16,17). The fourth-order valence-electron chi connectivity index (χ4n) is 1.53. The molecule has 18 heavy (non-hydrogen) atoms. The van der Waals surface area contributed by atoms with Gasteiger partial charge in [-0.2, -0.15) is 13.2 Å². The van der Waals surface area contributed by atoms with Gasteiger partial charge in [0.1, 0.15) is 13.2 Å². The minimum atomic E-state index is -4.38. The number of carbonyl (C=O) groups excluding carboxylic acids is 1. The summed E-state index contributed by atoms with van der Waals surface area (Å²) in [4.78, 5) is 11.2. The van der Waals surface area contributed by atoms with E-state index in [-0.39, 0.29) is 6.04 Å². The van der Waals surface area contributed by atoms with Crippen LogP contribution < -0.4 is 5.32 Å². The van der Waals surface area contributed by atoms with Crippen molar-refractivity contribution in [2.45, 2.75) is 58.2 Å². The summed E-state index contributed by atoms with van der Waals surface area (Å²) in [5.41, 5.74) is 0. The summed E-state index contributed by atoms with van der Waals surface area (Å²) < 4.78 is 39.5. The van der Waals surface area contributed by atoms with Crippen molar-refractivity contribution < 1.29 is 22.7 Å². The van der Waals surface area contributed by atoms with Gasteiger partial charge in [-0.15, -0.1) is 0 Å². The molecule has 0 fully saturated rings. The number of alkyl halides is 3. The monoisotopic (exact) mass is 269 g/mol. The van der Waals surface area contributed by atoms with Gasteiger partial charge in [-0.1, -0.05) is 32.6 Å². The lowest BCUT2D eigenvalue weighted by Crippen LogP contribution is -2.36. The van der Waals surface area contributed by atoms with E-state index in [1.54, 1.807) is 0 Å². The molecule has 0 rings (SSSR count). The Morgan fingerprint density at radius 1 is 1.28 bits per heavy atom. The number of carbonyl (C=O) groups is 1. The van der Waals surface area contributed by atoms with Crippen LogP contribution in [0.5, 0.6) is 0 Å². The van der Waals surface area contributed by atoms with Crippen LogP contribution in [0.1, 0.15) is 46.0 Å². The lowest BCUT2D eigenvalue weighted by atomic mass is 10.1. The Morgan fingerprint density at radius 3 is 2.50 bits per heavy atom. The van der Waals surface area contributed by atoms with Crippen molar-refractivity contribution in [1.82, 2.24) is 5.32 Å². The highest BCUT2D eigenvalue weighted by Gasteiger charge is 2.27. The van der Waals surface area contributed by atoms with Crippen LogP contribution in [0.3, 0.4) is 0 Å². The summed E-state index contributed by atoms with van der Waals surface area (Å²) in [6, 6.07) is -0.0242. The van der Waals surface area contributed by atoms with Crippen LogP contribution in [0.15, 0.2) is 0 Å². The Balaban J connectivity index is 3.55. The second-order valence-electron chi connectivity index (χ2n) is 4.43. The summed E-state index contributed by atoms with van der Waals surface area (Å²) in [5, 5.41) is 2.61. The largest absolute Gasteiger partial charge is 0.411 e. The molecule has 0 bridgehead atoms. The van der Waals surface area contributed by atoms with E-state index in [9.17, 15) is 18.0 Å². The number of halogens is 3. The maximum Gasteiger partial charge on any atom is 0.411 e. The molecule has 0 spiro atoms. The van der Waals surface area contributed by atoms with Crippen molar-refractivity contribution >= 4 is 5.91 Å². The molecule has 0 aliphatic heterocycles. The molecule has 0 aliphatic rings. The topological polar surface area (TPSA) is 38.3 Å². The average Bonchev–Trinajstić information content (AvgIpc) is 2.22. The van der Waals surface area contributed by atoms with Gasteiger partial charge in [0.15, 0.2) is 0 Å². The number of rotatable bonds is 9. The maximum atomic E-state index is 11.8. The van der Waals surface area contributed by atoms with E-state index in [2.05, 4.69) is 17.0 Å². The van der Waals surface area contributed by atoms with Crippen molar-refractivity contribution in [3.8, 4) is 0 Å². The van der Waals surface area contributed by atoms with Gasteiger partial charge in [0.2, 0.25) is 5.91 Å². The zero-order valence-electron chi connectivity index (χ0n) is 11.0. The van der Waals surface area contributed by atoms with Gasteiger partial charge in [0.05, 0.1) is 0 Å². The van der Waals surface area contributed by atoms with E-state index in [4.69, 9.17) is 0 Å². The summed E-state index contributed by atoms with van der Waals surface area (Å²) in [7, 11) is 0. The first-order chi connectivity index (χ1) is 8.35. The molecule has 0 heterocycles. The zero-order chi connectivity index (χ0) is 14.0. The van der Waals surface area contributed by atoms with Crippen LogP contribution >= 0.6 is 0 Å². The highest BCUT2D eigenvalue weighted by Crippen LogP contribution is 2.14. The molecular weight excluding hydrogens is 247 g/mol. The Hall–Kier alpha value is -0.780. The molecule has 0 radical (unpaired) electrons. The van der Waals surface area contributed by atoms with Gasteiger partial charge >= 0.3 is 6.18 Å². The van der Waals surface area contributed by atoms with Crippen molar-refractivity contribution in [2.24, 2.45) is 0 Å². The number of unbranched alkanes of at least 4 members (excludes halogenated alkanes) is 3. The van der Waals surface area contributed by atoms with Crippen molar-refractivity contribution in [1.29, 1.82) is 0 Å². The van der Waals surface area contributed by atoms with Crippen LogP contribution in [0, 0.1) is 0 Å². The molecule has 0 saturated carbocycles. The van der Waals surface area contributed by atoms with E-state index in [1.807, 2.05) is 6.92 Å². The summed E-state index contributed by atoms with van der Waals surface area (Å²) in [5.74, 6) is -0.498. The van der Waals surface area contributed by atoms with Crippen molar-refractivity contribution in [3.05, 3.63) is 0 Å². The fraction of sp³-hybridized carbons (Fsp3) is 0.917. The number of ether oxygens (including phenoxy) is 1. The Bertz CT molecular complexity index is 232. The van der Waals surface area contributed by atoms with E-state index < -0.39 is 25.3 Å². The quantitative estimate of drug-likeness (QED) is 0.653. The molecule has 1 unspecified atom stereocenters. The van der Waals surface area contributed by atoms with E-state index in [1.165, 1.54) is 0 Å². The van der Waals surface area contributed by atoms with Gasteiger partial charge < -0.3 is 10.1 Å². The van der Waals surface area contributed by atoms with Crippen LogP contribution in [-0.2, 0) is 9.53 Å². The summed E-state index contributed by atoms with van der Waals surface area (Å²) in [6.45, 7) is 2.03. The van der Waals surface area contributed by atoms with Gasteiger partial charge in [0.25, 0.3) is 0 Å². The second-order valence-corrected chi connectivity index (χ2v) is 4.43. The van der Waals surface area contributed by atoms with Gasteiger partial charge in [-0.3, -0.25) is 4.79 Å². The third kappa shape index (κ3) is 11.7. The fourth-order valence-corrected chi connectivity index (χ4v) is 1.53. The minimum absolute atomic E-state index is 0.0242. The molecule has 0 aromatic carbocycles. The summed E-state index contributed by atoms with van der Waals surface area (Å²) in [6.07, 6.45) is 0.887. The Labute approximate surface area is 106 Å². The van der Waals surface area contributed by atoms with Crippen molar-refractivity contribution in [3.63, 3.8) is 0 Å². The molecule has 108 valence electrons. The lowest BCUT2D eigenvalue weighted by Gasteiger charge is -2.14. The first-order valence-corrected chi connectivity index (χ1v) is 6.29. The average molecular weight is 269 g/mol. The molecular formula is C12H22F3NO2. The molecule has 0 saturated heterocycles. The molecule has 6 heteroatoms. The number of nitrogens with one attached hydrogen (secondary N) is 1. The van der Waals surface area contributed by atoms with E-state index in [0.717, 1.165) is 32.1 Å². The van der Waals surface area contributed by atoms with Gasteiger partial charge in [0, 0.05) is 6.04 Å². The molecule has 0 aliphatic carbocycles. The predicted molar refractivity (Wildman–Crippen MR) is 63.2 cm³/mol. The summed E-state index contributed by atoms with van der Waals surface area (Å²) >= 11 is 0. The lowest BCUT2D eigenvalue weighted by molar-refractivity contribution is -0.175. The first-order valence-electron chi connectivity index (χ1n) is 6.29. The second kappa shape index (κ2) is 9.19. The van der Waals surface area contributed by atoms with Crippen LogP contribution in [-0.4, -0.2) is 31.3 Å². The molecule has 3 nitrogen and oxygen atoms in total. The highest BCUT2D eigenvalue weighted by molar-refractivity contribution is 5.77. The number of hydrogen-bond donors (Lipinski definition) is 1. The van der Waals surface area contributed by atoms with E-state index >= 15 is 0 Å². The zero-order valence-corrected chi connectivity index (χ0v) is 11.0. The van der Waals surface area contributed by atoms with Crippen molar-refractivity contribution in [2.75, 3.05) is 13.2 Å². The molecule has 1 amide bonds. The Kier molecular flexibility index (Phi) is 8.79. The first kappa shape index (κ1) is 17.2. The third-order valence-corrected chi connectivity index (χ3v) is 2.40. The molecule has 1 atom stereocenters. The SMILES string of the molecule is CCCCCCC(C)NC(=O)COCC(F)(F)F. The van der Waals surface area contributed by atoms with Gasteiger partial charge in [-0.05, 0) is 13.3 Å². The smallest absolute Gasteiger partial charge is 0.362 e.